The van der Waals surface area contributed by atoms with E-state index in [9.17, 15) is 18.8 Å². The zero-order valence-electron chi connectivity index (χ0n) is 17.2. The van der Waals surface area contributed by atoms with Gasteiger partial charge in [-0.15, -0.1) is 0 Å². The number of halogens is 1. The smallest absolute Gasteiger partial charge is 0.325 e. The number of rotatable bonds is 6. The lowest BCUT2D eigenvalue weighted by Crippen LogP contribution is -2.48. The lowest BCUT2D eigenvalue weighted by molar-refractivity contribution is -0.136. The van der Waals surface area contributed by atoms with Gasteiger partial charge in [-0.1, -0.05) is 31.0 Å². The van der Waals surface area contributed by atoms with Crippen LogP contribution in [0.2, 0.25) is 0 Å². The lowest BCUT2D eigenvalue weighted by Gasteiger charge is -2.23. The molecule has 2 aliphatic rings. The molecule has 1 saturated carbocycles. The summed E-state index contributed by atoms with van der Waals surface area (Å²) >= 11 is 0. The van der Waals surface area contributed by atoms with Crippen molar-refractivity contribution >= 4 is 23.5 Å². The second kappa shape index (κ2) is 8.37. The maximum absolute atomic E-state index is 13.3. The first kappa shape index (κ1) is 20.8. The number of ether oxygens (including phenoxy) is 1. The van der Waals surface area contributed by atoms with Crippen LogP contribution in [0.1, 0.15) is 38.2 Å². The Balaban J connectivity index is 1.39. The Bertz CT molecular complexity index is 1020. The van der Waals surface area contributed by atoms with E-state index in [4.69, 9.17) is 4.74 Å². The minimum absolute atomic E-state index is 0.177. The standard InChI is InChI=1S/C23H24FN3O4/c1-15(27-21(29)23(26-22(27)30)10-2-3-11-23)20(28)25-18-8-5-9-19(13-18)31-14-16-6-4-7-17(24)12-16/h4-9,12-13,15H,2-3,10-11,14H2,1H3,(H,25,28)(H,26,30). The quantitative estimate of drug-likeness (QED) is 0.693. The topological polar surface area (TPSA) is 87.7 Å². The van der Waals surface area contributed by atoms with Crippen molar-refractivity contribution in [1.29, 1.82) is 0 Å². The van der Waals surface area contributed by atoms with Crippen LogP contribution in [0.25, 0.3) is 0 Å². The fraction of sp³-hybridized carbons (Fsp3) is 0.348. The summed E-state index contributed by atoms with van der Waals surface area (Å²) in [5, 5.41) is 5.52. The first-order valence-electron chi connectivity index (χ1n) is 10.3. The number of imide groups is 1. The molecule has 2 fully saturated rings. The summed E-state index contributed by atoms with van der Waals surface area (Å²) in [7, 11) is 0. The van der Waals surface area contributed by atoms with Crippen molar-refractivity contribution in [2.24, 2.45) is 0 Å². The van der Waals surface area contributed by atoms with Crippen molar-refractivity contribution in [3.63, 3.8) is 0 Å². The van der Waals surface area contributed by atoms with Crippen LogP contribution in [0.15, 0.2) is 48.5 Å². The van der Waals surface area contributed by atoms with Gasteiger partial charge in [0.1, 0.15) is 29.8 Å². The highest BCUT2D eigenvalue weighted by Gasteiger charge is 2.54. The summed E-state index contributed by atoms with van der Waals surface area (Å²) in [6.07, 6.45) is 2.96. The van der Waals surface area contributed by atoms with Gasteiger partial charge in [-0.3, -0.25) is 9.59 Å². The largest absolute Gasteiger partial charge is 0.489 e. The van der Waals surface area contributed by atoms with Crippen LogP contribution in [0.4, 0.5) is 14.9 Å². The molecule has 0 radical (unpaired) electrons. The predicted octanol–water partition coefficient (Wildman–Crippen LogP) is 3.60. The molecule has 2 aromatic rings. The van der Waals surface area contributed by atoms with Gasteiger partial charge in [0.25, 0.3) is 5.91 Å². The van der Waals surface area contributed by atoms with E-state index in [1.807, 2.05) is 0 Å². The molecule has 1 unspecified atom stereocenters. The molecule has 0 aromatic heterocycles. The van der Waals surface area contributed by atoms with Crippen LogP contribution in [0.5, 0.6) is 5.75 Å². The average Bonchev–Trinajstić information content (AvgIpc) is 3.31. The fourth-order valence-corrected chi connectivity index (χ4v) is 4.13. The number of benzene rings is 2. The van der Waals surface area contributed by atoms with Gasteiger partial charge in [0, 0.05) is 11.8 Å². The van der Waals surface area contributed by atoms with Crippen molar-refractivity contribution in [1.82, 2.24) is 10.2 Å². The summed E-state index contributed by atoms with van der Waals surface area (Å²) in [4.78, 5) is 39.0. The lowest BCUT2D eigenvalue weighted by atomic mass is 9.97. The number of nitrogens with zero attached hydrogens (tertiary/aromatic N) is 1. The minimum atomic E-state index is -0.954. The number of hydrogen-bond donors (Lipinski definition) is 2. The molecule has 1 aliphatic heterocycles. The van der Waals surface area contributed by atoms with E-state index in [1.54, 1.807) is 36.4 Å². The third kappa shape index (κ3) is 4.23. The number of hydrogen-bond acceptors (Lipinski definition) is 4. The van der Waals surface area contributed by atoms with Crippen LogP contribution in [0.3, 0.4) is 0 Å². The Morgan fingerprint density at radius 1 is 1.19 bits per heavy atom. The highest BCUT2D eigenvalue weighted by molar-refractivity contribution is 6.11. The molecular formula is C23H24FN3O4. The molecule has 1 saturated heterocycles. The monoisotopic (exact) mass is 425 g/mol. The van der Waals surface area contributed by atoms with Crippen LogP contribution < -0.4 is 15.4 Å². The van der Waals surface area contributed by atoms with Crippen molar-refractivity contribution in [2.75, 3.05) is 5.32 Å². The van der Waals surface area contributed by atoms with E-state index < -0.39 is 23.5 Å². The Kier molecular flexibility index (Phi) is 5.63. The van der Waals surface area contributed by atoms with E-state index in [0.29, 0.717) is 29.8 Å². The Morgan fingerprint density at radius 2 is 1.94 bits per heavy atom. The van der Waals surface area contributed by atoms with Gasteiger partial charge in [0.05, 0.1) is 0 Å². The summed E-state index contributed by atoms with van der Waals surface area (Å²) in [6, 6.07) is 11.4. The zero-order chi connectivity index (χ0) is 22.0. The molecular weight excluding hydrogens is 401 g/mol. The van der Waals surface area contributed by atoms with Crippen LogP contribution >= 0.6 is 0 Å². The summed E-state index contributed by atoms with van der Waals surface area (Å²) < 4.78 is 19.0. The van der Waals surface area contributed by atoms with Crippen LogP contribution in [0, 0.1) is 5.82 Å². The number of carbonyl (C=O) groups excluding carboxylic acids is 3. The van der Waals surface area contributed by atoms with E-state index in [1.165, 1.54) is 19.1 Å². The van der Waals surface area contributed by atoms with Crippen LogP contribution in [-0.2, 0) is 16.2 Å². The second-order valence-electron chi connectivity index (χ2n) is 8.01. The number of carbonyl (C=O) groups is 3. The molecule has 31 heavy (non-hydrogen) atoms. The van der Waals surface area contributed by atoms with Crippen molar-refractivity contribution in [3.05, 3.63) is 59.9 Å². The second-order valence-corrected chi connectivity index (χ2v) is 8.01. The normalized spacial score (nSPS) is 18.2. The molecule has 1 heterocycles. The molecule has 7 nitrogen and oxygen atoms in total. The van der Waals surface area contributed by atoms with Crippen molar-refractivity contribution < 1.29 is 23.5 Å². The molecule has 1 spiro atoms. The van der Waals surface area contributed by atoms with Gasteiger partial charge in [0.15, 0.2) is 0 Å². The predicted molar refractivity (Wildman–Crippen MR) is 112 cm³/mol. The van der Waals surface area contributed by atoms with E-state index >= 15 is 0 Å². The molecule has 0 bridgehead atoms. The van der Waals surface area contributed by atoms with Gasteiger partial charge in [-0.25, -0.2) is 14.1 Å². The minimum Gasteiger partial charge on any atom is -0.489 e. The number of urea groups is 1. The maximum atomic E-state index is 13.3. The maximum Gasteiger partial charge on any atom is 0.325 e. The van der Waals surface area contributed by atoms with Crippen molar-refractivity contribution in [3.8, 4) is 5.75 Å². The highest BCUT2D eigenvalue weighted by Crippen LogP contribution is 2.35. The van der Waals surface area contributed by atoms with E-state index in [2.05, 4.69) is 10.6 Å². The summed E-state index contributed by atoms with van der Waals surface area (Å²) in [5.41, 5.74) is 0.301. The molecule has 4 rings (SSSR count). The zero-order valence-corrected chi connectivity index (χ0v) is 17.2. The Labute approximate surface area is 179 Å². The first-order valence-corrected chi connectivity index (χ1v) is 10.3. The average molecular weight is 425 g/mol. The number of amides is 4. The molecule has 2 aromatic carbocycles. The number of nitrogens with one attached hydrogen (secondary N) is 2. The fourth-order valence-electron chi connectivity index (χ4n) is 4.13. The van der Waals surface area contributed by atoms with E-state index in [-0.39, 0.29) is 18.3 Å². The molecule has 1 atom stereocenters. The summed E-state index contributed by atoms with van der Waals surface area (Å²) in [5.74, 6) is -0.642. The first-order chi connectivity index (χ1) is 14.9. The van der Waals surface area contributed by atoms with Gasteiger partial charge < -0.3 is 15.4 Å². The SMILES string of the molecule is CC(C(=O)Nc1cccc(OCc2cccc(F)c2)c1)N1C(=O)NC2(CCCC2)C1=O. The Morgan fingerprint density at radius 3 is 2.68 bits per heavy atom. The number of anilines is 1. The molecule has 2 N–H and O–H groups in total. The van der Waals surface area contributed by atoms with Crippen molar-refractivity contribution in [2.45, 2.75) is 50.8 Å². The van der Waals surface area contributed by atoms with E-state index in [0.717, 1.165) is 17.7 Å². The van der Waals surface area contributed by atoms with Gasteiger partial charge in [-0.05, 0) is 49.6 Å². The third-order valence-electron chi connectivity index (χ3n) is 5.81. The molecule has 162 valence electrons. The molecule has 4 amide bonds. The Hall–Kier alpha value is -3.42. The third-order valence-corrected chi connectivity index (χ3v) is 5.81. The molecule has 8 heteroatoms. The van der Waals surface area contributed by atoms with Gasteiger partial charge in [0.2, 0.25) is 5.91 Å². The van der Waals surface area contributed by atoms with Gasteiger partial charge in [-0.2, -0.15) is 0 Å². The van der Waals surface area contributed by atoms with Crippen LogP contribution in [-0.4, -0.2) is 34.3 Å². The summed E-state index contributed by atoms with van der Waals surface area (Å²) in [6.45, 7) is 1.71. The highest BCUT2D eigenvalue weighted by atomic mass is 19.1. The molecule has 1 aliphatic carbocycles. The van der Waals surface area contributed by atoms with Gasteiger partial charge >= 0.3 is 6.03 Å².